The average Bonchev–Trinajstić information content (AvgIpc) is 1.96. The second kappa shape index (κ2) is 7.32. The van der Waals surface area contributed by atoms with E-state index in [9.17, 15) is 0 Å². The molecule has 1 N–H and O–H groups in total. The lowest BCUT2D eigenvalue weighted by Crippen LogP contribution is -2.06. The maximum Gasteiger partial charge on any atom is 0.0467 e. The van der Waals surface area contributed by atoms with Crippen molar-refractivity contribution in [2.24, 2.45) is 5.10 Å². The van der Waals surface area contributed by atoms with E-state index >= 15 is 0 Å². The Kier molecular flexibility index (Phi) is 6.79. The van der Waals surface area contributed by atoms with E-state index in [0.29, 0.717) is 0 Å². The quantitative estimate of drug-likeness (QED) is 0.367. The molecule has 0 aliphatic rings. The maximum absolute atomic E-state index is 4.00. The average molecular weight is 154 g/mol. The minimum Gasteiger partial charge on any atom is -0.310 e. The molecule has 0 fully saturated rings. The summed E-state index contributed by atoms with van der Waals surface area (Å²) in [7, 11) is 0. The second-order valence-electron chi connectivity index (χ2n) is 2.78. The van der Waals surface area contributed by atoms with Crippen LogP contribution in [0.4, 0.5) is 0 Å². The van der Waals surface area contributed by atoms with Crippen LogP contribution in [-0.4, -0.2) is 12.8 Å². The van der Waals surface area contributed by atoms with Crippen molar-refractivity contribution in [1.29, 1.82) is 0 Å². The zero-order valence-electron chi connectivity index (χ0n) is 7.72. The fourth-order valence-corrected chi connectivity index (χ4v) is 0.559. The molecule has 0 radical (unpaired) electrons. The van der Waals surface area contributed by atoms with Crippen LogP contribution in [0.5, 0.6) is 0 Å². The smallest absolute Gasteiger partial charge is 0.0467 e. The molecular weight excluding hydrogens is 136 g/mol. The van der Waals surface area contributed by atoms with Crippen LogP contribution in [0.1, 0.15) is 33.6 Å². The molecule has 0 amide bonds. The predicted molar refractivity (Wildman–Crippen MR) is 50.8 cm³/mol. The van der Waals surface area contributed by atoms with E-state index in [0.717, 1.165) is 6.54 Å². The van der Waals surface area contributed by atoms with Crippen LogP contribution >= 0.6 is 0 Å². The van der Waals surface area contributed by atoms with Gasteiger partial charge in [0.05, 0.1) is 0 Å². The zero-order chi connectivity index (χ0) is 8.53. The Morgan fingerprint density at radius 3 is 2.73 bits per heavy atom. The molecule has 0 aliphatic carbocycles. The number of hydrogen-bond acceptors (Lipinski definition) is 2. The van der Waals surface area contributed by atoms with E-state index in [1.54, 1.807) is 6.21 Å². The molecule has 0 aliphatic heterocycles. The van der Waals surface area contributed by atoms with Gasteiger partial charge in [-0.3, -0.25) is 0 Å². The molecule has 0 atom stereocenters. The topological polar surface area (TPSA) is 24.4 Å². The molecule has 2 heteroatoms. The Labute approximate surface area is 69.4 Å². The van der Waals surface area contributed by atoms with Crippen LogP contribution in [0.25, 0.3) is 0 Å². The Hall–Kier alpha value is -0.790. The third kappa shape index (κ3) is 9.21. The van der Waals surface area contributed by atoms with E-state index in [2.05, 4.69) is 31.3 Å². The van der Waals surface area contributed by atoms with Crippen molar-refractivity contribution < 1.29 is 0 Å². The summed E-state index contributed by atoms with van der Waals surface area (Å²) >= 11 is 0. The minimum absolute atomic E-state index is 0.976. The van der Waals surface area contributed by atoms with Crippen molar-refractivity contribution in [3.63, 3.8) is 0 Å². The summed E-state index contributed by atoms with van der Waals surface area (Å²) in [4.78, 5) is 0. The molecule has 0 saturated heterocycles. The first kappa shape index (κ1) is 10.2. The normalized spacial score (nSPS) is 10.1. The molecule has 0 rings (SSSR count). The van der Waals surface area contributed by atoms with Crippen LogP contribution in [0, 0.1) is 0 Å². The number of rotatable bonds is 5. The third-order valence-electron chi connectivity index (χ3n) is 1.22. The molecule has 0 bridgehead atoms. The predicted octanol–water partition coefficient (Wildman–Crippen LogP) is 2.33. The van der Waals surface area contributed by atoms with Gasteiger partial charge in [0.1, 0.15) is 0 Å². The van der Waals surface area contributed by atoms with E-state index < -0.39 is 0 Å². The first-order valence-corrected chi connectivity index (χ1v) is 4.16. The Morgan fingerprint density at radius 1 is 1.45 bits per heavy atom. The Bertz CT molecular complexity index is 132. The summed E-state index contributed by atoms with van der Waals surface area (Å²) < 4.78 is 0. The summed E-state index contributed by atoms with van der Waals surface area (Å²) in [5.74, 6) is 0. The molecular formula is C9H18N2. The van der Waals surface area contributed by atoms with Gasteiger partial charge in [-0.05, 0) is 26.3 Å². The number of nitrogens with zero attached hydrogens (tertiary/aromatic N) is 1. The minimum atomic E-state index is 0.976. The fraction of sp³-hybridized carbons (Fsp3) is 0.667. The van der Waals surface area contributed by atoms with Crippen molar-refractivity contribution in [2.45, 2.75) is 33.6 Å². The van der Waals surface area contributed by atoms with E-state index in [1.165, 1.54) is 18.4 Å². The van der Waals surface area contributed by atoms with Gasteiger partial charge >= 0.3 is 0 Å². The number of hydrogen-bond donors (Lipinski definition) is 1. The summed E-state index contributed by atoms with van der Waals surface area (Å²) in [6.45, 7) is 7.25. The van der Waals surface area contributed by atoms with Gasteiger partial charge in [0.2, 0.25) is 0 Å². The van der Waals surface area contributed by atoms with Crippen molar-refractivity contribution in [3.8, 4) is 0 Å². The maximum atomic E-state index is 4.00. The van der Waals surface area contributed by atoms with Crippen molar-refractivity contribution in [1.82, 2.24) is 5.43 Å². The molecule has 0 saturated carbocycles. The third-order valence-corrected chi connectivity index (χ3v) is 1.22. The van der Waals surface area contributed by atoms with Gasteiger partial charge in [-0.2, -0.15) is 5.10 Å². The monoisotopic (exact) mass is 154 g/mol. The standard InChI is InChI=1S/C9H18N2/c1-4-5-7-10-11-8-6-9(2)3/h6,8,10H,4-5,7H2,1-3H3/b11-8-. The SMILES string of the molecule is CCCCN/N=C\C=C(C)C. The molecule has 0 spiro atoms. The summed E-state index contributed by atoms with van der Waals surface area (Å²) in [5, 5.41) is 4.00. The molecule has 0 heterocycles. The lowest BCUT2D eigenvalue weighted by Gasteiger charge is -1.94. The number of allylic oxidation sites excluding steroid dienone is 2. The van der Waals surface area contributed by atoms with Crippen LogP contribution in [0.2, 0.25) is 0 Å². The Balaban J connectivity index is 3.23. The lowest BCUT2D eigenvalue weighted by atomic mass is 10.3. The Morgan fingerprint density at radius 2 is 2.18 bits per heavy atom. The lowest BCUT2D eigenvalue weighted by molar-refractivity contribution is 0.674. The van der Waals surface area contributed by atoms with Crippen molar-refractivity contribution >= 4 is 6.21 Å². The van der Waals surface area contributed by atoms with Crippen LogP contribution in [-0.2, 0) is 0 Å². The summed E-state index contributed by atoms with van der Waals surface area (Å²) in [6, 6.07) is 0. The van der Waals surface area contributed by atoms with E-state index in [4.69, 9.17) is 0 Å². The number of unbranched alkanes of at least 4 members (excludes halogenated alkanes) is 1. The molecule has 0 aromatic carbocycles. The summed E-state index contributed by atoms with van der Waals surface area (Å²) in [6.07, 6.45) is 6.18. The van der Waals surface area contributed by atoms with Gasteiger partial charge in [0, 0.05) is 12.8 Å². The van der Waals surface area contributed by atoms with Crippen LogP contribution < -0.4 is 5.43 Å². The van der Waals surface area contributed by atoms with Gasteiger partial charge in [-0.1, -0.05) is 18.9 Å². The van der Waals surface area contributed by atoms with E-state index in [1.807, 2.05) is 6.08 Å². The number of hydrazone groups is 1. The summed E-state index contributed by atoms with van der Waals surface area (Å²) in [5.41, 5.74) is 4.24. The molecule has 2 nitrogen and oxygen atoms in total. The first-order chi connectivity index (χ1) is 5.27. The fourth-order valence-electron chi connectivity index (χ4n) is 0.559. The highest BCUT2D eigenvalue weighted by atomic mass is 15.3. The molecule has 64 valence electrons. The molecule has 0 unspecified atom stereocenters. The van der Waals surface area contributed by atoms with Crippen LogP contribution in [0.3, 0.4) is 0 Å². The molecule has 0 aromatic heterocycles. The first-order valence-electron chi connectivity index (χ1n) is 4.16. The van der Waals surface area contributed by atoms with E-state index in [-0.39, 0.29) is 0 Å². The molecule has 0 aromatic rings. The van der Waals surface area contributed by atoms with Gasteiger partial charge in [-0.15, -0.1) is 0 Å². The highest BCUT2D eigenvalue weighted by Gasteiger charge is 1.77. The van der Waals surface area contributed by atoms with Gasteiger partial charge in [-0.25, -0.2) is 0 Å². The van der Waals surface area contributed by atoms with Crippen molar-refractivity contribution in [3.05, 3.63) is 11.6 Å². The highest BCUT2D eigenvalue weighted by molar-refractivity contribution is 5.71. The largest absolute Gasteiger partial charge is 0.310 e. The zero-order valence-corrected chi connectivity index (χ0v) is 7.72. The number of nitrogens with one attached hydrogen (secondary N) is 1. The molecule has 11 heavy (non-hydrogen) atoms. The van der Waals surface area contributed by atoms with Gasteiger partial charge in [0.25, 0.3) is 0 Å². The van der Waals surface area contributed by atoms with Gasteiger partial charge < -0.3 is 5.43 Å². The van der Waals surface area contributed by atoms with Crippen LogP contribution in [0.15, 0.2) is 16.8 Å². The second-order valence-corrected chi connectivity index (χ2v) is 2.78. The van der Waals surface area contributed by atoms with Gasteiger partial charge in [0.15, 0.2) is 0 Å². The van der Waals surface area contributed by atoms with Crippen molar-refractivity contribution in [2.75, 3.05) is 6.54 Å². The highest BCUT2D eigenvalue weighted by Crippen LogP contribution is 1.84.